The summed E-state index contributed by atoms with van der Waals surface area (Å²) in [5.74, 6) is -2.23. The van der Waals surface area contributed by atoms with E-state index in [1.54, 1.807) is 0 Å². The third-order valence-electron chi connectivity index (χ3n) is 2.65. The Morgan fingerprint density at radius 2 is 2.00 bits per heavy atom. The van der Waals surface area contributed by atoms with Crippen LogP contribution in [0.5, 0.6) is 0 Å². The number of primary amides is 1. The topological polar surface area (TPSA) is 72.2 Å². The van der Waals surface area contributed by atoms with Crippen LogP contribution in [0.2, 0.25) is 0 Å². The molecule has 1 aliphatic heterocycles. The summed E-state index contributed by atoms with van der Waals surface area (Å²) in [6.07, 6.45) is 1.52. The summed E-state index contributed by atoms with van der Waals surface area (Å²) in [5.41, 5.74) is 6.05. The minimum Gasteiger partial charge on any atom is -0.389 e. The predicted octanol–water partition coefficient (Wildman–Crippen LogP) is 0.440. The van der Waals surface area contributed by atoms with E-state index in [2.05, 4.69) is 5.32 Å². The lowest BCUT2D eigenvalue weighted by Crippen LogP contribution is -2.40. The van der Waals surface area contributed by atoms with Crippen molar-refractivity contribution >= 4 is 17.3 Å². The Kier molecular flexibility index (Phi) is 2.91. The molecule has 0 aliphatic carbocycles. The summed E-state index contributed by atoms with van der Waals surface area (Å²) in [4.78, 5) is 23.0. The number of carbonyl (C=O) groups excluding carboxylic acids is 2. The van der Waals surface area contributed by atoms with Crippen LogP contribution >= 0.6 is 0 Å². The van der Waals surface area contributed by atoms with Gasteiger partial charge in [-0.05, 0) is 17.7 Å². The van der Waals surface area contributed by atoms with Crippen molar-refractivity contribution in [2.24, 2.45) is 11.7 Å². The zero-order chi connectivity index (χ0) is 12.4. The number of hydrogen-bond acceptors (Lipinski definition) is 3. The Balaban J connectivity index is 2.33. The average Bonchev–Trinajstić information content (AvgIpc) is 2.30. The van der Waals surface area contributed by atoms with Crippen molar-refractivity contribution in [2.75, 3.05) is 6.54 Å². The molecular formula is C12H11FN2O2. The Labute approximate surface area is 97.3 Å². The molecule has 4 nitrogen and oxygen atoms in total. The van der Waals surface area contributed by atoms with E-state index in [0.717, 1.165) is 0 Å². The van der Waals surface area contributed by atoms with Gasteiger partial charge in [0.05, 0.1) is 0 Å². The highest BCUT2D eigenvalue weighted by Crippen LogP contribution is 2.21. The highest BCUT2D eigenvalue weighted by atomic mass is 19.1. The van der Waals surface area contributed by atoms with Gasteiger partial charge in [-0.25, -0.2) is 4.39 Å². The zero-order valence-corrected chi connectivity index (χ0v) is 8.94. The molecule has 0 saturated carbocycles. The van der Waals surface area contributed by atoms with Crippen LogP contribution in [-0.2, 0) is 9.59 Å². The van der Waals surface area contributed by atoms with Gasteiger partial charge in [0.25, 0.3) is 0 Å². The molecule has 1 amide bonds. The number of rotatable bonds is 2. The Bertz CT molecular complexity index is 494. The molecule has 0 spiro atoms. The van der Waals surface area contributed by atoms with E-state index in [9.17, 15) is 14.0 Å². The molecule has 0 radical (unpaired) electrons. The van der Waals surface area contributed by atoms with Crippen LogP contribution in [0.4, 0.5) is 4.39 Å². The molecule has 88 valence electrons. The van der Waals surface area contributed by atoms with Crippen LogP contribution < -0.4 is 11.1 Å². The van der Waals surface area contributed by atoms with Gasteiger partial charge in [0.2, 0.25) is 5.91 Å². The van der Waals surface area contributed by atoms with Gasteiger partial charge in [-0.3, -0.25) is 9.59 Å². The minimum atomic E-state index is -0.861. The first-order valence-corrected chi connectivity index (χ1v) is 5.12. The monoisotopic (exact) mass is 234 g/mol. The number of carbonyl (C=O) groups is 2. The molecule has 1 aliphatic rings. The van der Waals surface area contributed by atoms with Gasteiger partial charge in [-0.15, -0.1) is 0 Å². The smallest absolute Gasteiger partial charge is 0.230 e. The Morgan fingerprint density at radius 1 is 1.35 bits per heavy atom. The second-order valence-corrected chi connectivity index (χ2v) is 3.79. The Morgan fingerprint density at radius 3 is 2.59 bits per heavy atom. The second kappa shape index (κ2) is 4.37. The third kappa shape index (κ3) is 2.18. The van der Waals surface area contributed by atoms with Gasteiger partial charge in [0.15, 0.2) is 5.78 Å². The first-order valence-electron chi connectivity index (χ1n) is 5.12. The number of amides is 1. The van der Waals surface area contributed by atoms with Crippen LogP contribution in [0.25, 0.3) is 5.57 Å². The summed E-state index contributed by atoms with van der Waals surface area (Å²) in [5, 5.41) is 2.83. The number of nitrogens with two attached hydrogens (primary N) is 1. The number of Topliss-reactive ketones (excluding diaryl/α,β-unsaturated/α-hetero) is 1. The molecule has 0 saturated heterocycles. The van der Waals surface area contributed by atoms with Crippen molar-refractivity contribution in [3.63, 3.8) is 0 Å². The average molecular weight is 234 g/mol. The van der Waals surface area contributed by atoms with Crippen LogP contribution in [0.1, 0.15) is 5.56 Å². The maximum Gasteiger partial charge on any atom is 0.230 e. The van der Waals surface area contributed by atoms with Crippen molar-refractivity contribution in [1.29, 1.82) is 0 Å². The first kappa shape index (κ1) is 11.3. The van der Waals surface area contributed by atoms with Crippen LogP contribution in [-0.4, -0.2) is 18.2 Å². The summed E-state index contributed by atoms with van der Waals surface area (Å²) in [6.45, 7) is 0.207. The summed E-state index contributed by atoms with van der Waals surface area (Å²) in [6, 6.07) is 5.50. The lowest BCUT2D eigenvalue weighted by molar-refractivity contribution is -0.129. The van der Waals surface area contributed by atoms with Crippen LogP contribution in [0.3, 0.4) is 0 Å². The molecule has 1 unspecified atom stereocenters. The van der Waals surface area contributed by atoms with Crippen LogP contribution in [0.15, 0.2) is 30.5 Å². The third-order valence-corrected chi connectivity index (χ3v) is 2.65. The maximum atomic E-state index is 12.8. The molecule has 0 fully saturated rings. The zero-order valence-electron chi connectivity index (χ0n) is 8.94. The van der Waals surface area contributed by atoms with E-state index in [0.29, 0.717) is 11.1 Å². The Hall–Kier alpha value is -2.17. The minimum absolute atomic E-state index is 0.207. The van der Waals surface area contributed by atoms with Crippen molar-refractivity contribution in [3.05, 3.63) is 41.8 Å². The standard InChI is InChI=1S/C12H11FN2O2/c13-8-3-1-7(2-4-8)9-5-15-6-10(11(9)16)12(14)17/h1-5,10,15H,6H2,(H2,14,17). The number of nitrogens with one attached hydrogen (secondary N) is 1. The maximum absolute atomic E-state index is 12.8. The van der Waals surface area contributed by atoms with Crippen molar-refractivity contribution in [3.8, 4) is 0 Å². The fourth-order valence-electron chi connectivity index (χ4n) is 1.72. The molecule has 5 heteroatoms. The number of benzene rings is 1. The van der Waals surface area contributed by atoms with Crippen molar-refractivity contribution < 1.29 is 14.0 Å². The largest absolute Gasteiger partial charge is 0.389 e. The highest BCUT2D eigenvalue weighted by molar-refractivity contribution is 6.27. The molecular weight excluding hydrogens is 223 g/mol. The quantitative estimate of drug-likeness (QED) is 0.729. The van der Waals surface area contributed by atoms with Gasteiger partial charge < -0.3 is 11.1 Å². The van der Waals surface area contributed by atoms with E-state index in [1.165, 1.54) is 30.5 Å². The lowest BCUT2D eigenvalue weighted by atomic mass is 9.90. The SMILES string of the molecule is NC(=O)C1CNC=C(c2ccc(F)cc2)C1=O. The molecule has 1 heterocycles. The molecule has 2 rings (SSSR count). The number of halogens is 1. The fraction of sp³-hybridized carbons (Fsp3) is 0.167. The molecule has 0 bridgehead atoms. The number of hydrogen-bond donors (Lipinski definition) is 2. The normalized spacial score (nSPS) is 19.5. The van der Waals surface area contributed by atoms with Crippen molar-refractivity contribution in [1.82, 2.24) is 5.32 Å². The van der Waals surface area contributed by atoms with E-state index in [-0.39, 0.29) is 18.1 Å². The molecule has 17 heavy (non-hydrogen) atoms. The highest BCUT2D eigenvalue weighted by Gasteiger charge is 2.30. The van der Waals surface area contributed by atoms with E-state index in [1.807, 2.05) is 0 Å². The van der Waals surface area contributed by atoms with E-state index < -0.39 is 11.8 Å². The number of allylic oxidation sites excluding steroid dienone is 1. The fourth-order valence-corrected chi connectivity index (χ4v) is 1.72. The molecule has 1 aromatic rings. The predicted molar refractivity (Wildman–Crippen MR) is 60.1 cm³/mol. The van der Waals surface area contributed by atoms with Gasteiger partial charge in [-0.1, -0.05) is 12.1 Å². The molecule has 1 atom stereocenters. The summed E-state index contributed by atoms with van der Waals surface area (Å²) < 4.78 is 12.8. The lowest BCUT2D eigenvalue weighted by Gasteiger charge is -2.20. The molecule has 0 aromatic heterocycles. The first-order chi connectivity index (χ1) is 8.09. The summed E-state index contributed by atoms with van der Waals surface area (Å²) in [7, 11) is 0. The van der Waals surface area contributed by atoms with Crippen LogP contribution in [0, 0.1) is 11.7 Å². The van der Waals surface area contributed by atoms with E-state index in [4.69, 9.17) is 5.73 Å². The number of ketones is 1. The van der Waals surface area contributed by atoms with Gasteiger partial charge in [-0.2, -0.15) is 0 Å². The van der Waals surface area contributed by atoms with Gasteiger partial charge in [0.1, 0.15) is 11.7 Å². The summed E-state index contributed by atoms with van der Waals surface area (Å²) >= 11 is 0. The van der Waals surface area contributed by atoms with Gasteiger partial charge >= 0.3 is 0 Å². The second-order valence-electron chi connectivity index (χ2n) is 3.79. The molecule has 1 aromatic carbocycles. The van der Waals surface area contributed by atoms with Crippen molar-refractivity contribution in [2.45, 2.75) is 0 Å². The van der Waals surface area contributed by atoms with E-state index >= 15 is 0 Å². The molecule has 3 N–H and O–H groups in total. The van der Waals surface area contributed by atoms with Gasteiger partial charge in [0, 0.05) is 18.3 Å².